The first-order valence-corrected chi connectivity index (χ1v) is 8.04. The molecule has 0 atom stereocenters. The number of hydrogen-bond acceptors (Lipinski definition) is 6. The van der Waals surface area contributed by atoms with Crippen LogP contribution < -0.4 is 10.6 Å². The zero-order valence-electron chi connectivity index (χ0n) is 13.5. The Balaban J connectivity index is 1.64. The highest BCUT2D eigenvalue weighted by molar-refractivity contribution is 6.30. The largest absolute Gasteiger partial charge is 0.365 e. The predicted octanol–water partition coefficient (Wildman–Crippen LogP) is 4.08. The monoisotopic (exact) mass is 353 g/mol. The van der Waals surface area contributed by atoms with E-state index in [1.165, 1.54) is 6.92 Å². The number of halogens is 1. The number of ketones is 1. The number of nitrogens with zero attached hydrogens (tertiary/aromatic N) is 3. The van der Waals surface area contributed by atoms with Crippen LogP contribution in [0.5, 0.6) is 0 Å². The first-order valence-electron chi connectivity index (χ1n) is 7.66. The summed E-state index contributed by atoms with van der Waals surface area (Å²) >= 11 is 5.88. The summed E-state index contributed by atoms with van der Waals surface area (Å²) in [4.78, 5) is 15.7. The molecule has 0 fully saturated rings. The lowest BCUT2D eigenvalue weighted by molar-refractivity contribution is 0.101. The summed E-state index contributed by atoms with van der Waals surface area (Å²) in [5.74, 6) is 1.00. The molecule has 1 aromatic heterocycles. The maximum atomic E-state index is 11.3. The molecule has 0 amide bonds. The van der Waals surface area contributed by atoms with Crippen LogP contribution in [0.15, 0.2) is 54.7 Å². The van der Waals surface area contributed by atoms with Crippen molar-refractivity contribution in [2.24, 2.45) is 0 Å². The average molecular weight is 354 g/mol. The summed E-state index contributed by atoms with van der Waals surface area (Å²) in [6.07, 6.45) is 1.56. The summed E-state index contributed by atoms with van der Waals surface area (Å²) in [5, 5.41) is 14.9. The van der Waals surface area contributed by atoms with Crippen molar-refractivity contribution < 1.29 is 4.79 Å². The molecule has 0 unspecified atom stereocenters. The Bertz CT molecular complexity index is 865. The molecular formula is C18H16ClN5O. The normalized spacial score (nSPS) is 10.3. The van der Waals surface area contributed by atoms with Crippen LogP contribution in [0.25, 0.3) is 0 Å². The minimum atomic E-state index is 0.0258. The molecule has 0 saturated carbocycles. The van der Waals surface area contributed by atoms with Crippen molar-refractivity contribution in [1.82, 2.24) is 15.2 Å². The molecule has 7 heteroatoms. The average Bonchev–Trinajstić information content (AvgIpc) is 2.62. The molecule has 0 aliphatic rings. The van der Waals surface area contributed by atoms with Gasteiger partial charge in [-0.3, -0.25) is 4.79 Å². The minimum Gasteiger partial charge on any atom is -0.365 e. The Morgan fingerprint density at radius 2 is 1.80 bits per heavy atom. The molecule has 6 nitrogen and oxygen atoms in total. The van der Waals surface area contributed by atoms with Gasteiger partial charge in [0.1, 0.15) is 0 Å². The third-order valence-electron chi connectivity index (χ3n) is 3.49. The summed E-state index contributed by atoms with van der Waals surface area (Å²) in [5.41, 5.74) is 2.52. The van der Waals surface area contributed by atoms with Crippen molar-refractivity contribution >= 4 is 34.8 Å². The van der Waals surface area contributed by atoms with Crippen molar-refractivity contribution in [2.75, 3.05) is 10.6 Å². The standard InChI is InChI=1S/C18H16ClN5O/c1-12(25)14-4-8-16(9-5-14)22-18-23-17(11-21-24-18)20-10-13-2-6-15(19)7-3-13/h2-9,11H,10H2,1H3,(H2,20,22,23,24). The van der Waals surface area contributed by atoms with Crippen molar-refractivity contribution in [2.45, 2.75) is 13.5 Å². The fourth-order valence-corrected chi connectivity index (χ4v) is 2.28. The predicted molar refractivity (Wildman–Crippen MR) is 98.3 cm³/mol. The lowest BCUT2D eigenvalue weighted by atomic mass is 10.1. The van der Waals surface area contributed by atoms with E-state index in [1.54, 1.807) is 30.5 Å². The molecule has 126 valence electrons. The van der Waals surface area contributed by atoms with Gasteiger partial charge in [-0.25, -0.2) is 0 Å². The molecule has 0 aliphatic carbocycles. The second kappa shape index (κ2) is 7.72. The quantitative estimate of drug-likeness (QED) is 0.650. The lowest BCUT2D eigenvalue weighted by Gasteiger charge is -2.08. The van der Waals surface area contributed by atoms with Gasteiger partial charge in [-0.2, -0.15) is 10.1 Å². The molecule has 0 radical (unpaired) electrons. The van der Waals surface area contributed by atoms with Gasteiger partial charge >= 0.3 is 0 Å². The van der Waals surface area contributed by atoms with Gasteiger partial charge in [-0.1, -0.05) is 23.7 Å². The van der Waals surface area contributed by atoms with Gasteiger partial charge in [0.05, 0.1) is 6.20 Å². The van der Waals surface area contributed by atoms with Crippen molar-refractivity contribution in [1.29, 1.82) is 0 Å². The number of Topliss-reactive ketones (excluding diaryl/α,β-unsaturated/α-hetero) is 1. The van der Waals surface area contributed by atoms with E-state index in [-0.39, 0.29) is 5.78 Å². The highest BCUT2D eigenvalue weighted by atomic mass is 35.5. The second-order valence-electron chi connectivity index (χ2n) is 5.40. The molecule has 2 N–H and O–H groups in total. The maximum Gasteiger partial charge on any atom is 0.249 e. The van der Waals surface area contributed by atoms with E-state index in [9.17, 15) is 4.79 Å². The Labute approximate surface area is 150 Å². The van der Waals surface area contributed by atoms with E-state index in [4.69, 9.17) is 11.6 Å². The molecule has 25 heavy (non-hydrogen) atoms. The van der Waals surface area contributed by atoms with Crippen LogP contribution in [-0.4, -0.2) is 21.0 Å². The zero-order chi connectivity index (χ0) is 17.6. The number of anilines is 3. The highest BCUT2D eigenvalue weighted by Gasteiger charge is 2.03. The van der Waals surface area contributed by atoms with Gasteiger partial charge in [0.15, 0.2) is 11.6 Å². The van der Waals surface area contributed by atoms with Gasteiger partial charge < -0.3 is 10.6 Å². The molecule has 0 bridgehead atoms. The van der Waals surface area contributed by atoms with Crippen LogP contribution >= 0.6 is 11.6 Å². The Hall–Kier alpha value is -2.99. The van der Waals surface area contributed by atoms with E-state index in [1.807, 2.05) is 24.3 Å². The van der Waals surface area contributed by atoms with E-state index < -0.39 is 0 Å². The third kappa shape index (κ3) is 4.74. The van der Waals surface area contributed by atoms with Crippen molar-refractivity contribution in [3.05, 3.63) is 70.9 Å². The summed E-state index contributed by atoms with van der Waals surface area (Å²) in [6, 6.07) is 14.7. The van der Waals surface area contributed by atoms with E-state index in [0.717, 1.165) is 11.3 Å². The van der Waals surface area contributed by atoms with Crippen molar-refractivity contribution in [3.63, 3.8) is 0 Å². The second-order valence-corrected chi connectivity index (χ2v) is 5.84. The van der Waals surface area contributed by atoms with Crippen LogP contribution in [0.1, 0.15) is 22.8 Å². The van der Waals surface area contributed by atoms with Gasteiger partial charge in [0.25, 0.3) is 0 Å². The number of nitrogens with one attached hydrogen (secondary N) is 2. The molecule has 3 aromatic rings. The van der Waals surface area contributed by atoms with Crippen LogP contribution in [-0.2, 0) is 6.54 Å². The Morgan fingerprint density at radius 3 is 2.48 bits per heavy atom. The Kier molecular flexibility index (Phi) is 5.20. The van der Waals surface area contributed by atoms with Gasteiger partial charge in [-0.15, -0.1) is 5.10 Å². The Morgan fingerprint density at radius 1 is 1.08 bits per heavy atom. The highest BCUT2D eigenvalue weighted by Crippen LogP contribution is 2.15. The minimum absolute atomic E-state index is 0.0258. The molecule has 0 aliphatic heterocycles. The summed E-state index contributed by atoms with van der Waals surface area (Å²) < 4.78 is 0. The first kappa shape index (κ1) is 16.9. The number of rotatable bonds is 6. The SMILES string of the molecule is CC(=O)c1ccc(Nc2nncc(NCc3ccc(Cl)cc3)n2)cc1. The van der Waals surface area contributed by atoms with Crippen LogP contribution in [0.2, 0.25) is 5.02 Å². The van der Waals surface area contributed by atoms with Crippen LogP contribution in [0, 0.1) is 0 Å². The molecule has 3 rings (SSSR count). The fourth-order valence-electron chi connectivity index (χ4n) is 2.15. The summed E-state index contributed by atoms with van der Waals surface area (Å²) in [6.45, 7) is 2.13. The van der Waals surface area contributed by atoms with Gasteiger partial charge in [0, 0.05) is 22.8 Å². The zero-order valence-corrected chi connectivity index (χ0v) is 14.3. The van der Waals surface area contributed by atoms with Crippen LogP contribution in [0.3, 0.4) is 0 Å². The number of carbonyl (C=O) groups is 1. The van der Waals surface area contributed by atoms with Crippen LogP contribution in [0.4, 0.5) is 17.5 Å². The van der Waals surface area contributed by atoms with Crippen molar-refractivity contribution in [3.8, 4) is 0 Å². The lowest BCUT2D eigenvalue weighted by Crippen LogP contribution is -2.05. The number of aromatic nitrogens is 3. The first-order chi connectivity index (χ1) is 12.1. The van der Waals surface area contributed by atoms with E-state index in [2.05, 4.69) is 25.8 Å². The van der Waals surface area contributed by atoms with E-state index >= 15 is 0 Å². The molecule has 0 spiro atoms. The topological polar surface area (TPSA) is 79.8 Å². The maximum absolute atomic E-state index is 11.3. The smallest absolute Gasteiger partial charge is 0.249 e. The molecule has 1 heterocycles. The molecule has 2 aromatic carbocycles. The van der Waals surface area contributed by atoms with Gasteiger partial charge in [-0.05, 0) is 48.9 Å². The number of benzene rings is 2. The third-order valence-corrected chi connectivity index (χ3v) is 3.75. The molecular weight excluding hydrogens is 338 g/mol. The fraction of sp³-hybridized carbons (Fsp3) is 0.111. The summed E-state index contributed by atoms with van der Waals surface area (Å²) in [7, 11) is 0. The number of carbonyl (C=O) groups excluding carboxylic acids is 1. The number of hydrogen-bond donors (Lipinski definition) is 2. The van der Waals surface area contributed by atoms with Gasteiger partial charge in [0.2, 0.25) is 5.95 Å². The van der Waals surface area contributed by atoms with E-state index in [0.29, 0.717) is 28.9 Å². The molecule has 0 saturated heterocycles.